The lowest BCUT2D eigenvalue weighted by atomic mass is 9.74. The number of carbonyl (C=O) groups is 1. The lowest BCUT2D eigenvalue weighted by Crippen LogP contribution is -2.39. The molecule has 0 bridgehead atoms. The van der Waals surface area contributed by atoms with Crippen LogP contribution in [0.15, 0.2) is 120 Å². The Morgan fingerprint density at radius 1 is 0.805 bits per heavy atom. The van der Waals surface area contributed by atoms with Gasteiger partial charge in [0.05, 0.1) is 29.8 Å². The number of nitrogens with one attached hydrogen (secondary N) is 1. The number of amides is 1. The van der Waals surface area contributed by atoms with Gasteiger partial charge in [-0.15, -0.1) is 0 Å². The van der Waals surface area contributed by atoms with E-state index in [2.05, 4.69) is 5.32 Å². The molecule has 6 nitrogen and oxygen atoms in total. The molecule has 5 rings (SSSR count). The van der Waals surface area contributed by atoms with Crippen molar-refractivity contribution < 1.29 is 18.3 Å². The highest BCUT2D eigenvalue weighted by Crippen LogP contribution is 2.38. The third-order valence-corrected chi connectivity index (χ3v) is 9.70. The largest absolute Gasteiger partial charge is 0.394 e. The molecule has 4 aromatic rings. The molecule has 212 valence electrons. The summed E-state index contributed by atoms with van der Waals surface area (Å²) in [5.41, 5.74) is 3.42. The van der Waals surface area contributed by atoms with Crippen molar-refractivity contribution in [2.45, 2.75) is 49.1 Å². The predicted octanol–water partition coefficient (Wildman–Crippen LogP) is 6.21. The lowest BCUT2D eigenvalue weighted by Gasteiger charge is -2.32. The number of aliphatic hydroxyl groups is 1. The summed E-state index contributed by atoms with van der Waals surface area (Å²) in [4.78, 5) is 13.7. The van der Waals surface area contributed by atoms with Crippen molar-refractivity contribution in [3.8, 4) is 0 Å². The second-order valence-corrected chi connectivity index (χ2v) is 12.4. The van der Waals surface area contributed by atoms with Gasteiger partial charge in [-0.2, -0.15) is 0 Å². The van der Waals surface area contributed by atoms with Crippen LogP contribution >= 0.6 is 0 Å². The van der Waals surface area contributed by atoms with E-state index in [-0.39, 0.29) is 35.8 Å². The summed E-state index contributed by atoms with van der Waals surface area (Å²) in [7, 11) is -3.78. The third kappa shape index (κ3) is 6.69. The molecular formula is C34H36N2O4S. The number of benzene rings is 4. The monoisotopic (exact) mass is 568 g/mol. The Bertz CT molecular complexity index is 1510. The number of para-hydroxylation sites is 1. The Kier molecular flexibility index (Phi) is 9.17. The van der Waals surface area contributed by atoms with Gasteiger partial charge < -0.3 is 10.4 Å². The summed E-state index contributed by atoms with van der Waals surface area (Å²) in [5.74, 6) is -0.163. The standard InChI is InChI=1S/C34H36N2O4S/c37-25-33(28-12-4-1-5-13-28)35-34(38)32-19-11-10-18-31(32)27-22-20-26(21-23-27)24-36(29-14-6-2-7-15-29)41(39,40)30-16-8-3-9-17-30/h1-9,12-17,20-23,31-33,37H,10-11,18-19,24-25H2,(H,35,38). The zero-order valence-corrected chi connectivity index (χ0v) is 23.8. The van der Waals surface area contributed by atoms with Crippen LogP contribution in [0, 0.1) is 5.92 Å². The summed E-state index contributed by atoms with van der Waals surface area (Å²) >= 11 is 0. The van der Waals surface area contributed by atoms with E-state index in [1.807, 2.05) is 72.8 Å². The Morgan fingerprint density at radius 3 is 2.02 bits per heavy atom. The first-order valence-corrected chi connectivity index (χ1v) is 15.6. The van der Waals surface area contributed by atoms with Gasteiger partial charge in [0.25, 0.3) is 10.0 Å². The number of nitrogens with zero attached hydrogens (tertiary/aromatic N) is 1. The zero-order valence-electron chi connectivity index (χ0n) is 23.0. The minimum absolute atomic E-state index is 0.0362. The predicted molar refractivity (Wildman–Crippen MR) is 162 cm³/mol. The summed E-state index contributed by atoms with van der Waals surface area (Å²) < 4.78 is 28.7. The first-order valence-electron chi connectivity index (χ1n) is 14.1. The van der Waals surface area contributed by atoms with E-state index in [1.165, 1.54) is 4.31 Å². The molecule has 0 saturated heterocycles. The molecule has 0 heterocycles. The average molecular weight is 569 g/mol. The van der Waals surface area contributed by atoms with E-state index in [4.69, 9.17) is 0 Å². The second-order valence-electron chi connectivity index (χ2n) is 10.6. The number of hydrogen-bond donors (Lipinski definition) is 2. The number of carbonyl (C=O) groups excluding carboxylic acids is 1. The van der Waals surface area contributed by atoms with Crippen LogP contribution in [0.2, 0.25) is 0 Å². The van der Waals surface area contributed by atoms with Crippen LogP contribution in [0.3, 0.4) is 0 Å². The number of sulfonamides is 1. The molecule has 0 radical (unpaired) electrons. The lowest BCUT2D eigenvalue weighted by molar-refractivity contribution is -0.127. The molecule has 1 aliphatic rings. The summed E-state index contributed by atoms with van der Waals surface area (Å²) in [5, 5.41) is 13.0. The van der Waals surface area contributed by atoms with Gasteiger partial charge >= 0.3 is 0 Å². The minimum atomic E-state index is -3.78. The van der Waals surface area contributed by atoms with Gasteiger partial charge in [0.15, 0.2) is 0 Å². The zero-order chi connectivity index (χ0) is 28.7. The number of aliphatic hydroxyl groups excluding tert-OH is 1. The molecule has 7 heteroatoms. The summed E-state index contributed by atoms with van der Waals surface area (Å²) in [6.07, 6.45) is 3.74. The van der Waals surface area contributed by atoms with Crippen molar-refractivity contribution >= 4 is 21.6 Å². The molecule has 41 heavy (non-hydrogen) atoms. The van der Waals surface area contributed by atoms with Crippen molar-refractivity contribution in [3.05, 3.63) is 132 Å². The SMILES string of the molecule is O=C(NC(CO)c1ccccc1)C1CCCCC1c1ccc(CN(c2ccccc2)S(=O)(=O)c2ccccc2)cc1. The maximum Gasteiger partial charge on any atom is 0.264 e. The average Bonchev–Trinajstić information content (AvgIpc) is 3.04. The first kappa shape index (κ1) is 28.6. The Hall–Kier alpha value is -3.94. The van der Waals surface area contributed by atoms with Crippen LogP contribution < -0.4 is 9.62 Å². The molecular weight excluding hydrogens is 532 g/mol. The fraction of sp³-hybridized carbons (Fsp3) is 0.265. The van der Waals surface area contributed by atoms with Crippen molar-refractivity contribution in [2.75, 3.05) is 10.9 Å². The molecule has 0 spiro atoms. The number of anilines is 1. The Morgan fingerprint density at radius 2 is 1.39 bits per heavy atom. The van der Waals surface area contributed by atoms with Gasteiger partial charge in [-0.1, -0.05) is 104 Å². The van der Waals surface area contributed by atoms with E-state index >= 15 is 0 Å². The number of hydrogen-bond acceptors (Lipinski definition) is 4. The van der Waals surface area contributed by atoms with E-state index in [1.54, 1.807) is 42.5 Å². The smallest absolute Gasteiger partial charge is 0.264 e. The van der Waals surface area contributed by atoms with Crippen LogP contribution in [0.4, 0.5) is 5.69 Å². The molecule has 2 N–H and O–H groups in total. The first-order chi connectivity index (χ1) is 20.0. The maximum atomic E-state index is 13.6. The van der Waals surface area contributed by atoms with Gasteiger partial charge in [-0.25, -0.2) is 8.42 Å². The molecule has 3 atom stereocenters. The molecule has 1 amide bonds. The summed E-state index contributed by atoms with van der Waals surface area (Å²) in [6.45, 7) is 0.0248. The van der Waals surface area contributed by atoms with Gasteiger partial charge in [0.1, 0.15) is 0 Å². The van der Waals surface area contributed by atoms with Gasteiger partial charge in [-0.05, 0) is 59.7 Å². The van der Waals surface area contributed by atoms with E-state index in [0.717, 1.165) is 42.4 Å². The fourth-order valence-corrected chi connectivity index (χ4v) is 7.18. The van der Waals surface area contributed by atoms with Crippen molar-refractivity contribution in [2.24, 2.45) is 5.92 Å². The Labute approximate surface area is 242 Å². The summed E-state index contributed by atoms with van der Waals surface area (Å²) in [6, 6.07) is 34.7. The highest BCUT2D eigenvalue weighted by Gasteiger charge is 2.33. The topological polar surface area (TPSA) is 86.7 Å². The second kappa shape index (κ2) is 13.1. The van der Waals surface area contributed by atoms with Gasteiger partial charge in [0.2, 0.25) is 5.91 Å². The van der Waals surface area contributed by atoms with Crippen molar-refractivity contribution in [1.82, 2.24) is 5.32 Å². The third-order valence-electron chi connectivity index (χ3n) is 7.91. The normalized spacial score (nSPS) is 17.9. The highest BCUT2D eigenvalue weighted by atomic mass is 32.2. The van der Waals surface area contributed by atoms with Crippen molar-refractivity contribution in [3.63, 3.8) is 0 Å². The maximum absolute atomic E-state index is 13.6. The fourth-order valence-electron chi connectivity index (χ4n) is 5.71. The Balaban J connectivity index is 1.35. The van der Waals surface area contributed by atoms with Crippen LogP contribution in [0.5, 0.6) is 0 Å². The van der Waals surface area contributed by atoms with Crippen LogP contribution in [-0.2, 0) is 21.4 Å². The van der Waals surface area contributed by atoms with E-state index in [9.17, 15) is 18.3 Å². The van der Waals surface area contributed by atoms with Gasteiger partial charge in [0, 0.05) is 5.92 Å². The van der Waals surface area contributed by atoms with Crippen molar-refractivity contribution in [1.29, 1.82) is 0 Å². The molecule has 1 fully saturated rings. The molecule has 0 aliphatic heterocycles. The van der Waals surface area contributed by atoms with Crippen LogP contribution in [0.1, 0.15) is 54.3 Å². The molecule has 1 saturated carbocycles. The van der Waals surface area contributed by atoms with Crippen LogP contribution in [-0.4, -0.2) is 26.0 Å². The molecule has 0 aromatic heterocycles. The molecule has 1 aliphatic carbocycles. The minimum Gasteiger partial charge on any atom is -0.394 e. The highest BCUT2D eigenvalue weighted by molar-refractivity contribution is 7.92. The van der Waals surface area contributed by atoms with Gasteiger partial charge in [-0.3, -0.25) is 9.10 Å². The molecule has 3 unspecified atom stereocenters. The van der Waals surface area contributed by atoms with E-state index < -0.39 is 16.1 Å². The van der Waals surface area contributed by atoms with Crippen LogP contribution in [0.25, 0.3) is 0 Å². The molecule has 4 aromatic carbocycles. The quantitative estimate of drug-likeness (QED) is 0.238. The van der Waals surface area contributed by atoms with E-state index in [0.29, 0.717) is 5.69 Å². The number of rotatable bonds is 10.